The van der Waals surface area contributed by atoms with Gasteiger partial charge in [0.05, 0.1) is 10.7 Å². The van der Waals surface area contributed by atoms with E-state index in [0.29, 0.717) is 12.1 Å². The Kier molecular flexibility index (Phi) is 5.74. The Morgan fingerprint density at radius 3 is 1.92 bits per heavy atom. The van der Waals surface area contributed by atoms with Crippen LogP contribution in [0.25, 0.3) is 0 Å². The minimum absolute atomic E-state index is 0.191. The fourth-order valence-corrected chi connectivity index (χ4v) is 3.37. The van der Waals surface area contributed by atoms with E-state index in [1.165, 1.54) is 16.3 Å². The minimum atomic E-state index is -5.96. The zero-order valence-electron chi connectivity index (χ0n) is 13.1. The first kappa shape index (κ1) is 20.7. The summed E-state index contributed by atoms with van der Waals surface area (Å²) in [5.74, 6) is 0. The van der Waals surface area contributed by atoms with Crippen molar-refractivity contribution >= 4 is 29.2 Å². The molecular weight excluding hydrogens is 404 g/mol. The van der Waals surface area contributed by atoms with E-state index < -0.39 is 23.5 Å². The third-order valence-corrected chi connectivity index (χ3v) is 4.77. The van der Waals surface area contributed by atoms with Gasteiger partial charge in [0, 0.05) is 17.5 Å². The van der Waals surface area contributed by atoms with Crippen molar-refractivity contribution in [2.45, 2.75) is 22.8 Å². The standard InChI is InChI=1S/C16H12ClF6NOS/c1-24(26-11-5-3-2-4-6-11)13-8-7-10(9-12(13)17)14(25,15(18,19)20)16(21,22)23/h2-9,25H,1H3. The molecule has 0 aliphatic rings. The molecule has 2 aromatic rings. The van der Waals surface area contributed by atoms with Crippen LogP contribution in [0.2, 0.25) is 5.02 Å². The highest BCUT2D eigenvalue weighted by Gasteiger charge is 2.71. The molecular formula is C16H12ClF6NOS. The average molecular weight is 416 g/mol. The highest BCUT2D eigenvalue weighted by atomic mass is 35.5. The van der Waals surface area contributed by atoms with Crippen LogP contribution in [-0.2, 0) is 5.60 Å². The second-order valence-electron chi connectivity index (χ2n) is 5.27. The number of hydrogen-bond acceptors (Lipinski definition) is 3. The van der Waals surface area contributed by atoms with Crippen LogP contribution in [0.15, 0.2) is 53.4 Å². The van der Waals surface area contributed by atoms with Crippen molar-refractivity contribution in [3.63, 3.8) is 0 Å². The van der Waals surface area contributed by atoms with Gasteiger partial charge in [0.1, 0.15) is 0 Å². The van der Waals surface area contributed by atoms with Gasteiger partial charge < -0.3 is 9.41 Å². The summed E-state index contributed by atoms with van der Waals surface area (Å²) in [7, 11) is 1.55. The summed E-state index contributed by atoms with van der Waals surface area (Å²) in [5, 5.41) is 9.06. The molecule has 0 aliphatic carbocycles. The molecule has 2 nitrogen and oxygen atoms in total. The number of benzene rings is 2. The Bertz CT molecular complexity index is 752. The third kappa shape index (κ3) is 3.89. The maximum absolute atomic E-state index is 12.9. The molecule has 0 amide bonds. The lowest BCUT2D eigenvalue weighted by molar-refractivity contribution is -0.376. The number of nitrogens with zero attached hydrogens (tertiary/aromatic N) is 1. The van der Waals surface area contributed by atoms with Crippen molar-refractivity contribution in [2.75, 3.05) is 11.4 Å². The van der Waals surface area contributed by atoms with Crippen molar-refractivity contribution in [2.24, 2.45) is 0 Å². The summed E-state index contributed by atoms with van der Waals surface area (Å²) >= 11 is 7.07. The van der Waals surface area contributed by atoms with Gasteiger partial charge in [-0.15, -0.1) is 0 Å². The van der Waals surface area contributed by atoms with Gasteiger partial charge in [-0.3, -0.25) is 0 Å². The summed E-state index contributed by atoms with van der Waals surface area (Å²) in [5.41, 5.74) is -6.21. The molecule has 2 aromatic carbocycles. The molecule has 0 saturated carbocycles. The SMILES string of the molecule is CN(Sc1ccccc1)c1ccc(C(O)(C(F)(F)F)C(F)(F)F)cc1Cl. The maximum Gasteiger partial charge on any atom is 0.430 e. The first-order chi connectivity index (χ1) is 11.9. The monoisotopic (exact) mass is 415 g/mol. The Morgan fingerprint density at radius 1 is 0.923 bits per heavy atom. The Labute approximate surface area is 154 Å². The summed E-state index contributed by atoms with van der Waals surface area (Å²) in [4.78, 5) is 0.789. The fourth-order valence-electron chi connectivity index (χ4n) is 2.16. The van der Waals surface area contributed by atoms with Crippen LogP contribution in [0.1, 0.15) is 5.56 Å². The van der Waals surface area contributed by atoms with Gasteiger partial charge >= 0.3 is 12.4 Å². The smallest absolute Gasteiger partial charge is 0.369 e. The van der Waals surface area contributed by atoms with Crippen molar-refractivity contribution in [1.29, 1.82) is 0 Å². The highest BCUT2D eigenvalue weighted by Crippen LogP contribution is 2.51. The normalized spacial score (nSPS) is 13.0. The summed E-state index contributed by atoms with van der Waals surface area (Å²) in [6.45, 7) is 0. The lowest BCUT2D eigenvalue weighted by Gasteiger charge is -2.33. The van der Waals surface area contributed by atoms with E-state index in [0.717, 1.165) is 11.0 Å². The maximum atomic E-state index is 12.9. The molecule has 0 saturated heterocycles. The van der Waals surface area contributed by atoms with Crippen LogP contribution in [0.4, 0.5) is 32.0 Å². The van der Waals surface area contributed by atoms with Gasteiger partial charge in [0.2, 0.25) is 0 Å². The van der Waals surface area contributed by atoms with Gasteiger partial charge in [-0.05, 0) is 36.2 Å². The van der Waals surface area contributed by atoms with E-state index in [2.05, 4.69) is 0 Å². The molecule has 0 aromatic heterocycles. The second-order valence-corrected chi connectivity index (χ2v) is 6.88. The minimum Gasteiger partial charge on any atom is -0.369 e. The molecule has 142 valence electrons. The first-order valence-electron chi connectivity index (χ1n) is 7.00. The molecule has 1 N–H and O–H groups in total. The van der Waals surface area contributed by atoms with Gasteiger partial charge in [0.15, 0.2) is 0 Å². The molecule has 0 atom stereocenters. The molecule has 2 rings (SSSR count). The Hall–Kier alpha value is -1.58. The van der Waals surface area contributed by atoms with Crippen LogP contribution in [0.5, 0.6) is 0 Å². The van der Waals surface area contributed by atoms with Crippen molar-refractivity contribution < 1.29 is 31.4 Å². The van der Waals surface area contributed by atoms with Crippen LogP contribution < -0.4 is 4.31 Å². The van der Waals surface area contributed by atoms with Gasteiger partial charge in [-0.1, -0.05) is 35.9 Å². The molecule has 0 radical (unpaired) electrons. The number of aliphatic hydroxyl groups is 1. The number of hydrogen-bond donors (Lipinski definition) is 1. The van der Waals surface area contributed by atoms with E-state index in [1.807, 2.05) is 0 Å². The number of anilines is 1. The van der Waals surface area contributed by atoms with Gasteiger partial charge in [0.25, 0.3) is 5.60 Å². The third-order valence-electron chi connectivity index (χ3n) is 3.51. The molecule has 0 fully saturated rings. The van der Waals surface area contributed by atoms with Gasteiger partial charge in [-0.2, -0.15) is 26.3 Å². The predicted octanol–water partition coefficient (Wildman–Crippen LogP) is 5.80. The van der Waals surface area contributed by atoms with Crippen molar-refractivity contribution in [3.05, 3.63) is 59.1 Å². The van der Waals surface area contributed by atoms with Crippen LogP contribution >= 0.6 is 23.5 Å². The van der Waals surface area contributed by atoms with E-state index in [9.17, 15) is 31.4 Å². The number of rotatable bonds is 4. The van der Waals surface area contributed by atoms with Crippen molar-refractivity contribution in [3.8, 4) is 0 Å². The van der Waals surface area contributed by atoms with E-state index >= 15 is 0 Å². The lowest BCUT2D eigenvalue weighted by atomic mass is 9.92. The lowest BCUT2D eigenvalue weighted by Crippen LogP contribution is -2.53. The van der Waals surface area contributed by atoms with Crippen LogP contribution in [0, 0.1) is 0 Å². The zero-order chi connectivity index (χ0) is 19.8. The zero-order valence-corrected chi connectivity index (χ0v) is 14.6. The molecule has 10 heteroatoms. The fraction of sp³-hybridized carbons (Fsp3) is 0.250. The van der Waals surface area contributed by atoms with Gasteiger partial charge in [-0.25, -0.2) is 0 Å². The Morgan fingerprint density at radius 2 is 1.46 bits per heavy atom. The first-order valence-corrected chi connectivity index (χ1v) is 8.15. The Balaban J connectivity index is 2.39. The average Bonchev–Trinajstić information content (AvgIpc) is 2.52. The number of alkyl halides is 6. The molecule has 0 aliphatic heterocycles. The van der Waals surface area contributed by atoms with Crippen LogP contribution in [0.3, 0.4) is 0 Å². The topological polar surface area (TPSA) is 23.5 Å². The summed E-state index contributed by atoms with van der Waals surface area (Å²) in [6, 6.07) is 10.9. The van der Waals surface area contributed by atoms with Crippen molar-refractivity contribution in [1.82, 2.24) is 0 Å². The van der Waals surface area contributed by atoms with E-state index in [4.69, 9.17) is 11.6 Å². The molecule has 0 spiro atoms. The van der Waals surface area contributed by atoms with E-state index in [-0.39, 0.29) is 10.7 Å². The van der Waals surface area contributed by atoms with Crippen LogP contribution in [-0.4, -0.2) is 24.5 Å². The largest absolute Gasteiger partial charge is 0.430 e. The molecule has 0 unspecified atom stereocenters. The quantitative estimate of drug-likeness (QED) is 0.504. The predicted molar refractivity (Wildman–Crippen MR) is 88.2 cm³/mol. The molecule has 0 bridgehead atoms. The summed E-state index contributed by atoms with van der Waals surface area (Å²) < 4.78 is 79.1. The number of halogens is 7. The van der Waals surface area contributed by atoms with E-state index in [1.54, 1.807) is 37.4 Å². The molecule has 26 heavy (non-hydrogen) atoms. The second kappa shape index (κ2) is 7.21. The molecule has 0 heterocycles. The summed E-state index contributed by atoms with van der Waals surface area (Å²) in [6.07, 6.45) is -11.9. The highest BCUT2D eigenvalue weighted by molar-refractivity contribution is 8.00.